The van der Waals surface area contributed by atoms with Crippen molar-refractivity contribution in [2.24, 2.45) is 0 Å². The molecule has 3 rings (SSSR count). The topological polar surface area (TPSA) is 100 Å². The molecular formula is C26H29F2N3O4. The van der Waals surface area contributed by atoms with Crippen molar-refractivity contribution >= 4 is 12.0 Å². The first kappa shape index (κ1) is 26.1. The van der Waals surface area contributed by atoms with Crippen LogP contribution in [0.15, 0.2) is 42.5 Å². The van der Waals surface area contributed by atoms with Crippen molar-refractivity contribution in [1.82, 2.24) is 10.6 Å². The number of hydrogen-bond donors (Lipinski definition) is 2. The fourth-order valence-electron chi connectivity index (χ4n) is 3.80. The van der Waals surface area contributed by atoms with Crippen molar-refractivity contribution in [2.75, 3.05) is 13.2 Å². The van der Waals surface area contributed by atoms with E-state index in [1.165, 1.54) is 6.07 Å². The highest BCUT2D eigenvalue weighted by Gasteiger charge is 2.43. The van der Waals surface area contributed by atoms with Crippen LogP contribution in [0.4, 0.5) is 13.6 Å². The van der Waals surface area contributed by atoms with Crippen molar-refractivity contribution in [1.29, 1.82) is 5.26 Å². The lowest BCUT2D eigenvalue weighted by atomic mass is 9.88. The van der Waals surface area contributed by atoms with E-state index in [1.54, 1.807) is 45.0 Å². The number of nitrogens with zero attached hydrogens (tertiary/aromatic N) is 1. The second-order valence-corrected chi connectivity index (χ2v) is 9.51. The molecule has 0 aromatic heterocycles. The van der Waals surface area contributed by atoms with Crippen LogP contribution in [0.2, 0.25) is 0 Å². The molecule has 0 radical (unpaired) electrons. The van der Waals surface area contributed by atoms with Gasteiger partial charge in [-0.15, -0.1) is 0 Å². The van der Waals surface area contributed by atoms with Crippen LogP contribution >= 0.6 is 0 Å². The highest BCUT2D eigenvalue weighted by molar-refractivity contribution is 5.90. The van der Waals surface area contributed by atoms with E-state index in [4.69, 9.17) is 9.47 Å². The second-order valence-electron chi connectivity index (χ2n) is 9.51. The number of benzene rings is 2. The van der Waals surface area contributed by atoms with E-state index in [0.29, 0.717) is 11.1 Å². The Morgan fingerprint density at radius 3 is 2.29 bits per heavy atom. The molecule has 0 aliphatic carbocycles. The Hall–Kier alpha value is -3.51. The van der Waals surface area contributed by atoms with Gasteiger partial charge in [-0.2, -0.15) is 5.26 Å². The predicted molar refractivity (Wildman–Crippen MR) is 125 cm³/mol. The third-order valence-corrected chi connectivity index (χ3v) is 5.63. The molecule has 2 aromatic rings. The van der Waals surface area contributed by atoms with Gasteiger partial charge in [0.25, 0.3) is 0 Å². The predicted octanol–water partition coefficient (Wildman–Crippen LogP) is 4.26. The Morgan fingerprint density at radius 2 is 1.71 bits per heavy atom. The molecule has 9 heteroatoms. The van der Waals surface area contributed by atoms with Gasteiger partial charge in [-0.3, -0.25) is 4.79 Å². The molecule has 2 N–H and O–H groups in total. The Bertz CT molecular complexity index is 1100. The summed E-state index contributed by atoms with van der Waals surface area (Å²) in [5, 5.41) is 15.1. The van der Waals surface area contributed by atoms with Gasteiger partial charge < -0.3 is 20.1 Å². The van der Waals surface area contributed by atoms with Crippen LogP contribution in [0.5, 0.6) is 0 Å². The molecule has 1 unspecified atom stereocenters. The van der Waals surface area contributed by atoms with Crippen LogP contribution in [0.3, 0.4) is 0 Å². The van der Waals surface area contributed by atoms with Gasteiger partial charge in [0.1, 0.15) is 17.2 Å². The van der Waals surface area contributed by atoms with E-state index >= 15 is 0 Å². The quantitative estimate of drug-likeness (QED) is 0.637. The van der Waals surface area contributed by atoms with E-state index in [-0.39, 0.29) is 32.5 Å². The summed E-state index contributed by atoms with van der Waals surface area (Å²) in [5.41, 5.74) is 0.00708. The van der Waals surface area contributed by atoms with Crippen LogP contribution in [-0.2, 0) is 20.7 Å². The van der Waals surface area contributed by atoms with Gasteiger partial charge in [-0.1, -0.05) is 30.3 Å². The van der Waals surface area contributed by atoms with Crippen LogP contribution in [0.1, 0.15) is 39.2 Å². The number of carbonyl (C=O) groups is 2. The number of ether oxygens (including phenoxy) is 2. The molecule has 1 atom stereocenters. The molecular weight excluding hydrogens is 456 g/mol. The smallest absolute Gasteiger partial charge is 0.408 e. The first-order valence-electron chi connectivity index (χ1n) is 11.4. The molecule has 0 spiro atoms. The third-order valence-electron chi connectivity index (χ3n) is 5.63. The first-order valence-corrected chi connectivity index (χ1v) is 11.4. The number of hydrogen-bond acceptors (Lipinski definition) is 5. The average Bonchev–Trinajstić information content (AvgIpc) is 2.80. The van der Waals surface area contributed by atoms with Crippen LogP contribution < -0.4 is 10.6 Å². The van der Waals surface area contributed by atoms with Gasteiger partial charge in [-0.05, 0) is 49.6 Å². The molecule has 0 saturated carbocycles. The van der Waals surface area contributed by atoms with Crippen molar-refractivity contribution < 1.29 is 27.8 Å². The number of halogens is 2. The van der Waals surface area contributed by atoms with Crippen molar-refractivity contribution in [3.05, 3.63) is 59.7 Å². The number of nitriles is 1. The molecule has 1 saturated heterocycles. The highest BCUT2D eigenvalue weighted by atomic mass is 19.2. The fraction of sp³-hybridized carbons (Fsp3) is 0.423. The minimum atomic E-state index is -1.24. The van der Waals surface area contributed by atoms with E-state index < -0.39 is 40.8 Å². The molecule has 7 nitrogen and oxygen atoms in total. The largest absolute Gasteiger partial charge is 0.444 e. The van der Waals surface area contributed by atoms with Crippen LogP contribution in [-0.4, -0.2) is 42.4 Å². The molecule has 1 aliphatic rings. The molecule has 186 valence electrons. The molecule has 1 heterocycles. The standard InChI is InChI=1S/C26H29F2N3O4/c1-25(2,3)35-24(33)31-26(10-12-34-13-11-26)23(32)30-20(16-29)14-17-4-6-18(7-5-17)19-8-9-21(27)22(28)15-19/h4-9,15,20H,10-14H2,1-3H3,(H,30,32)(H,31,33). The second kappa shape index (κ2) is 10.8. The Labute approximate surface area is 203 Å². The number of alkyl carbamates (subject to hydrolysis) is 1. The highest BCUT2D eigenvalue weighted by Crippen LogP contribution is 2.24. The molecule has 2 amide bonds. The van der Waals surface area contributed by atoms with Crippen molar-refractivity contribution in [2.45, 2.75) is 57.2 Å². The van der Waals surface area contributed by atoms with E-state index in [0.717, 1.165) is 17.7 Å². The zero-order valence-corrected chi connectivity index (χ0v) is 20.0. The zero-order chi connectivity index (χ0) is 25.6. The van der Waals surface area contributed by atoms with Gasteiger partial charge in [0, 0.05) is 32.5 Å². The number of rotatable bonds is 6. The lowest BCUT2D eigenvalue weighted by Gasteiger charge is -2.37. The number of amides is 2. The normalized spacial score (nSPS) is 16.0. The van der Waals surface area contributed by atoms with Gasteiger partial charge in [-0.25, -0.2) is 13.6 Å². The average molecular weight is 486 g/mol. The molecule has 1 fully saturated rings. The van der Waals surface area contributed by atoms with Gasteiger partial charge in [0.05, 0.1) is 6.07 Å². The Kier molecular flexibility index (Phi) is 8.07. The van der Waals surface area contributed by atoms with E-state index in [1.807, 2.05) is 0 Å². The maximum Gasteiger partial charge on any atom is 0.408 e. The summed E-state index contributed by atoms with van der Waals surface area (Å²) in [6.07, 6.45) is 0.00771. The maximum absolute atomic E-state index is 13.5. The summed E-state index contributed by atoms with van der Waals surface area (Å²) in [7, 11) is 0. The third kappa shape index (κ3) is 6.99. The van der Waals surface area contributed by atoms with Crippen molar-refractivity contribution in [3.63, 3.8) is 0 Å². The molecule has 35 heavy (non-hydrogen) atoms. The van der Waals surface area contributed by atoms with Gasteiger partial charge in [0.2, 0.25) is 5.91 Å². The number of nitrogens with one attached hydrogen (secondary N) is 2. The van der Waals surface area contributed by atoms with Crippen LogP contribution in [0.25, 0.3) is 11.1 Å². The SMILES string of the molecule is CC(C)(C)OC(=O)NC1(C(=O)NC(C#N)Cc2ccc(-c3ccc(F)c(F)c3)cc2)CCOCC1. The lowest BCUT2D eigenvalue weighted by molar-refractivity contribution is -0.132. The summed E-state index contributed by atoms with van der Waals surface area (Å²) in [6.45, 7) is 5.75. The Morgan fingerprint density at radius 1 is 1.09 bits per heavy atom. The summed E-state index contributed by atoms with van der Waals surface area (Å²) in [6, 6.07) is 11.9. The first-order chi connectivity index (χ1) is 16.5. The fourth-order valence-corrected chi connectivity index (χ4v) is 3.80. The monoisotopic (exact) mass is 485 g/mol. The summed E-state index contributed by atoms with van der Waals surface area (Å²) >= 11 is 0. The van der Waals surface area contributed by atoms with Gasteiger partial charge >= 0.3 is 6.09 Å². The number of carbonyl (C=O) groups excluding carboxylic acids is 2. The Balaban J connectivity index is 1.69. The summed E-state index contributed by atoms with van der Waals surface area (Å²) in [5.74, 6) is -2.32. The zero-order valence-electron chi connectivity index (χ0n) is 20.0. The molecule has 1 aliphatic heterocycles. The van der Waals surface area contributed by atoms with E-state index in [2.05, 4.69) is 16.7 Å². The van der Waals surface area contributed by atoms with Gasteiger partial charge in [0.15, 0.2) is 11.6 Å². The van der Waals surface area contributed by atoms with E-state index in [9.17, 15) is 23.6 Å². The molecule has 0 bridgehead atoms. The molecule has 2 aromatic carbocycles. The lowest BCUT2D eigenvalue weighted by Crippen LogP contribution is -2.63. The maximum atomic E-state index is 13.5. The summed E-state index contributed by atoms with van der Waals surface area (Å²) < 4.78 is 37.4. The van der Waals surface area contributed by atoms with Crippen molar-refractivity contribution in [3.8, 4) is 17.2 Å². The summed E-state index contributed by atoms with van der Waals surface area (Å²) in [4.78, 5) is 25.6. The minimum absolute atomic E-state index is 0.222. The van der Waals surface area contributed by atoms with Crippen LogP contribution in [0, 0.1) is 23.0 Å². The minimum Gasteiger partial charge on any atom is -0.444 e.